The maximum Gasteiger partial charge on any atom is 0.303 e. The topological polar surface area (TPSA) is 75.5 Å². The van der Waals surface area contributed by atoms with Crippen molar-refractivity contribution in [3.63, 3.8) is 0 Å². The minimum Gasteiger partial charge on any atom is -0.481 e. The first kappa shape index (κ1) is 18.2. The van der Waals surface area contributed by atoms with Crippen molar-refractivity contribution in [2.24, 2.45) is 0 Å². The van der Waals surface area contributed by atoms with Crippen LogP contribution < -0.4 is 6.15 Å². The zero-order valence-electron chi connectivity index (χ0n) is 9.34. The molecule has 0 fully saturated rings. The summed E-state index contributed by atoms with van der Waals surface area (Å²) in [5.41, 5.74) is 0. The quantitative estimate of drug-likeness (QED) is 0.714. The third-order valence-electron chi connectivity index (χ3n) is 1.64. The molecule has 0 unspecified atom stereocenters. The van der Waals surface area contributed by atoms with Gasteiger partial charge in [0.25, 0.3) is 0 Å². The highest BCUT2D eigenvalue weighted by atomic mass is 16.4. The molecule has 0 saturated carbocycles. The summed E-state index contributed by atoms with van der Waals surface area (Å²) < 4.78 is 0. The van der Waals surface area contributed by atoms with Gasteiger partial charge in [0.05, 0.1) is 0 Å². The molecule has 0 rings (SSSR count). The number of nitrogens with zero attached hydrogens (tertiary/aromatic N) is 1. The van der Waals surface area contributed by atoms with Gasteiger partial charge < -0.3 is 16.2 Å². The van der Waals surface area contributed by atoms with Crippen LogP contribution in [0.25, 0.3) is 0 Å². The van der Waals surface area contributed by atoms with Gasteiger partial charge in [0.2, 0.25) is 0 Å². The van der Waals surface area contributed by atoms with E-state index >= 15 is 0 Å². The average molecular weight is 192 g/mol. The van der Waals surface area contributed by atoms with Gasteiger partial charge in [-0.05, 0) is 19.6 Å². The van der Waals surface area contributed by atoms with Gasteiger partial charge in [0, 0.05) is 6.42 Å². The maximum atomic E-state index is 9.37. The summed E-state index contributed by atoms with van der Waals surface area (Å²) >= 11 is 0. The van der Waals surface area contributed by atoms with Crippen molar-refractivity contribution in [1.29, 1.82) is 0 Å². The van der Waals surface area contributed by atoms with Crippen LogP contribution in [0, 0.1) is 0 Å². The highest BCUT2D eigenvalue weighted by Crippen LogP contribution is 1.81. The predicted molar refractivity (Wildman–Crippen MR) is 56.4 cm³/mol. The van der Waals surface area contributed by atoms with Crippen LogP contribution in [-0.4, -0.2) is 35.6 Å². The van der Waals surface area contributed by atoms with Crippen LogP contribution in [-0.2, 0) is 4.79 Å². The molecular weight excluding hydrogens is 168 g/mol. The molecule has 0 atom stereocenters. The molecular formula is C9H24N2O2. The number of hydrogen-bond donors (Lipinski definition) is 2. The first-order valence-corrected chi connectivity index (χ1v) is 4.56. The number of carbonyl (C=O) groups is 1. The van der Waals surface area contributed by atoms with E-state index in [-0.39, 0.29) is 12.6 Å². The zero-order valence-corrected chi connectivity index (χ0v) is 9.34. The molecule has 4 nitrogen and oxygen atoms in total. The van der Waals surface area contributed by atoms with Gasteiger partial charge in [0.1, 0.15) is 0 Å². The Morgan fingerprint density at radius 2 is 1.31 bits per heavy atom. The Morgan fingerprint density at radius 3 is 1.31 bits per heavy atom. The molecule has 0 aromatic carbocycles. The Hall–Kier alpha value is -0.610. The van der Waals surface area contributed by atoms with Gasteiger partial charge in [-0.15, -0.1) is 0 Å². The molecule has 0 aliphatic heterocycles. The Bertz CT molecular complexity index is 98.3. The highest BCUT2D eigenvalue weighted by Gasteiger charge is 1.89. The van der Waals surface area contributed by atoms with E-state index in [2.05, 4.69) is 25.7 Å². The molecule has 4 heteroatoms. The van der Waals surface area contributed by atoms with Crippen molar-refractivity contribution in [3.8, 4) is 0 Å². The van der Waals surface area contributed by atoms with Crippen LogP contribution in [0.15, 0.2) is 0 Å². The van der Waals surface area contributed by atoms with E-state index in [1.807, 2.05) is 0 Å². The molecule has 0 heterocycles. The van der Waals surface area contributed by atoms with Gasteiger partial charge in [-0.2, -0.15) is 0 Å². The van der Waals surface area contributed by atoms with Crippen molar-refractivity contribution in [1.82, 2.24) is 11.1 Å². The second-order valence-corrected chi connectivity index (χ2v) is 2.37. The van der Waals surface area contributed by atoms with E-state index < -0.39 is 5.97 Å². The average Bonchev–Trinajstić information content (AvgIpc) is 2.09. The lowest BCUT2D eigenvalue weighted by Gasteiger charge is -2.13. The second-order valence-electron chi connectivity index (χ2n) is 2.37. The van der Waals surface area contributed by atoms with Crippen LogP contribution in [0.1, 0.15) is 34.1 Å². The largest absolute Gasteiger partial charge is 0.481 e. The molecule has 0 saturated heterocycles. The molecule has 0 aromatic rings. The molecule has 82 valence electrons. The van der Waals surface area contributed by atoms with Gasteiger partial charge in [-0.3, -0.25) is 4.79 Å². The zero-order chi connectivity index (χ0) is 9.98. The van der Waals surface area contributed by atoms with Gasteiger partial charge in [-0.1, -0.05) is 27.7 Å². The summed E-state index contributed by atoms with van der Waals surface area (Å²) in [6, 6.07) is 0. The molecule has 0 spiro atoms. The lowest BCUT2D eigenvalue weighted by molar-refractivity contribution is -0.136. The summed E-state index contributed by atoms with van der Waals surface area (Å²) in [5, 5.41) is 7.72. The fourth-order valence-electron chi connectivity index (χ4n) is 0.671. The standard InChI is InChI=1S/C6H15N.C3H6O2.H3N/c1-4-7(5-2)6-3;1-2-3(4)5;/h4-6H2,1-3H3;2H2,1H3,(H,4,5);1H3. The normalized spacial score (nSPS) is 8.38. The Morgan fingerprint density at radius 1 is 1.08 bits per heavy atom. The number of aliphatic carboxylic acids is 1. The smallest absolute Gasteiger partial charge is 0.303 e. The first-order valence-electron chi connectivity index (χ1n) is 4.56. The van der Waals surface area contributed by atoms with Gasteiger partial charge in [0.15, 0.2) is 0 Å². The molecule has 4 N–H and O–H groups in total. The van der Waals surface area contributed by atoms with E-state index in [0.29, 0.717) is 0 Å². The summed E-state index contributed by atoms with van der Waals surface area (Å²) in [4.78, 5) is 11.7. The fourth-order valence-corrected chi connectivity index (χ4v) is 0.671. The lowest BCUT2D eigenvalue weighted by Crippen LogP contribution is -2.21. The third kappa shape index (κ3) is 18.4. The fraction of sp³-hybridized carbons (Fsp3) is 0.889. The minimum atomic E-state index is -0.745. The summed E-state index contributed by atoms with van der Waals surface area (Å²) in [6.45, 7) is 11.7. The Kier molecular flexibility index (Phi) is 19.6. The van der Waals surface area contributed by atoms with Gasteiger partial charge in [-0.25, -0.2) is 0 Å². The van der Waals surface area contributed by atoms with E-state index in [0.717, 1.165) is 0 Å². The highest BCUT2D eigenvalue weighted by molar-refractivity contribution is 5.66. The molecule has 0 amide bonds. The van der Waals surface area contributed by atoms with E-state index in [4.69, 9.17) is 5.11 Å². The van der Waals surface area contributed by atoms with Crippen molar-refractivity contribution in [2.75, 3.05) is 19.6 Å². The monoisotopic (exact) mass is 192 g/mol. The Labute approximate surface area is 81.5 Å². The molecule has 0 aliphatic carbocycles. The van der Waals surface area contributed by atoms with E-state index in [1.54, 1.807) is 6.92 Å². The number of hydrogen-bond acceptors (Lipinski definition) is 3. The Balaban J connectivity index is -0.000000150. The number of carboxylic acid groups (broad SMARTS) is 1. The molecule has 13 heavy (non-hydrogen) atoms. The van der Waals surface area contributed by atoms with Crippen LogP contribution in [0.5, 0.6) is 0 Å². The van der Waals surface area contributed by atoms with Gasteiger partial charge >= 0.3 is 5.97 Å². The summed E-state index contributed by atoms with van der Waals surface area (Å²) in [7, 11) is 0. The third-order valence-corrected chi connectivity index (χ3v) is 1.64. The lowest BCUT2D eigenvalue weighted by atomic mass is 10.5. The number of rotatable bonds is 4. The second kappa shape index (κ2) is 13.9. The molecule has 0 aliphatic rings. The number of carboxylic acids is 1. The first-order chi connectivity index (χ1) is 5.62. The van der Waals surface area contributed by atoms with Crippen molar-refractivity contribution in [3.05, 3.63) is 0 Å². The van der Waals surface area contributed by atoms with Crippen LogP contribution in [0.2, 0.25) is 0 Å². The maximum absolute atomic E-state index is 9.37. The van der Waals surface area contributed by atoms with Crippen molar-refractivity contribution < 1.29 is 9.90 Å². The molecule has 0 bridgehead atoms. The molecule has 0 radical (unpaired) electrons. The van der Waals surface area contributed by atoms with Crippen LogP contribution in [0.4, 0.5) is 0 Å². The van der Waals surface area contributed by atoms with E-state index in [1.165, 1.54) is 19.6 Å². The predicted octanol–water partition coefficient (Wildman–Crippen LogP) is 1.99. The summed E-state index contributed by atoms with van der Waals surface area (Å²) in [6.07, 6.45) is 0.222. The van der Waals surface area contributed by atoms with Crippen LogP contribution in [0.3, 0.4) is 0 Å². The van der Waals surface area contributed by atoms with E-state index in [9.17, 15) is 4.79 Å². The summed E-state index contributed by atoms with van der Waals surface area (Å²) in [5.74, 6) is -0.745. The van der Waals surface area contributed by atoms with Crippen molar-refractivity contribution >= 4 is 5.97 Å². The minimum absolute atomic E-state index is 0. The SMILES string of the molecule is CCC(=O)O.CCN(CC)CC.N. The van der Waals surface area contributed by atoms with Crippen molar-refractivity contribution in [2.45, 2.75) is 34.1 Å². The molecule has 0 aromatic heterocycles. The van der Waals surface area contributed by atoms with Crippen LogP contribution >= 0.6 is 0 Å².